The van der Waals surface area contributed by atoms with Crippen LogP contribution in [0.5, 0.6) is 0 Å². The molecule has 0 saturated heterocycles. The Morgan fingerprint density at radius 2 is 1.67 bits per heavy atom. The second kappa shape index (κ2) is 8.11. The standard InChI is InChI=1S/C22H18BrN3S/c1-16-6-5-9-20(14-16)26-21(18-7-3-2-4-8-18)24-25-22(26)27-15-17-10-12-19(23)13-11-17/h2-14H,15H2,1H3. The topological polar surface area (TPSA) is 30.7 Å². The number of rotatable bonds is 5. The smallest absolute Gasteiger partial charge is 0.196 e. The Balaban J connectivity index is 1.73. The van der Waals surface area contributed by atoms with Gasteiger partial charge in [-0.25, -0.2) is 0 Å². The van der Waals surface area contributed by atoms with Crippen LogP contribution < -0.4 is 0 Å². The number of thioether (sulfide) groups is 1. The van der Waals surface area contributed by atoms with Gasteiger partial charge in [-0.15, -0.1) is 10.2 Å². The van der Waals surface area contributed by atoms with E-state index in [0.717, 1.165) is 32.5 Å². The molecule has 1 aromatic heterocycles. The van der Waals surface area contributed by atoms with Crippen molar-refractivity contribution in [3.63, 3.8) is 0 Å². The normalized spacial score (nSPS) is 10.9. The van der Waals surface area contributed by atoms with Crippen LogP contribution in [0.3, 0.4) is 0 Å². The first-order valence-corrected chi connectivity index (χ1v) is 10.4. The van der Waals surface area contributed by atoms with Gasteiger partial charge < -0.3 is 0 Å². The molecule has 0 unspecified atom stereocenters. The number of aromatic nitrogens is 3. The Hall–Kier alpha value is -2.37. The van der Waals surface area contributed by atoms with Gasteiger partial charge in [0.1, 0.15) is 0 Å². The summed E-state index contributed by atoms with van der Waals surface area (Å²) in [5.74, 6) is 1.70. The molecular weight excluding hydrogens is 418 g/mol. The lowest BCUT2D eigenvalue weighted by Gasteiger charge is -2.11. The molecule has 0 aliphatic heterocycles. The molecule has 0 N–H and O–H groups in total. The summed E-state index contributed by atoms with van der Waals surface area (Å²) in [6.45, 7) is 2.10. The summed E-state index contributed by atoms with van der Waals surface area (Å²) in [5.41, 5.74) is 4.60. The van der Waals surface area contributed by atoms with E-state index in [-0.39, 0.29) is 0 Å². The maximum Gasteiger partial charge on any atom is 0.196 e. The summed E-state index contributed by atoms with van der Waals surface area (Å²) >= 11 is 5.18. The summed E-state index contributed by atoms with van der Waals surface area (Å²) in [7, 11) is 0. The van der Waals surface area contributed by atoms with Crippen LogP contribution in [-0.4, -0.2) is 14.8 Å². The first-order chi connectivity index (χ1) is 13.2. The van der Waals surface area contributed by atoms with Gasteiger partial charge in [-0.2, -0.15) is 0 Å². The minimum atomic E-state index is 0.839. The molecule has 0 amide bonds. The molecule has 0 radical (unpaired) electrons. The Bertz CT molecular complexity index is 1040. The summed E-state index contributed by atoms with van der Waals surface area (Å²) in [6, 6.07) is 27.0. The molecule has 27 heavy (non-hydrogen) atoms. The predicted octanol–water partition coefficient (Wildman–Crippen LogP) is 6.30. The zero-order valence-electron chi connectivity index (χ0n) is 14.8. The third-order valence-corrected chi connectivity index (χ3v) is 5.74. The fraction of sp³-hybridized carbons (Fsp3) is 0.0909. The maximum absolute atomic E-state index is 4.50. The molecule has 4 aromatic rings. The molecule has 0 fully saturated rings. The number of nitrogens with zero attached hydrogens (tertiary/aromatic N) is 3. The van der Waals surface area contributed by atoms with Gasteiger partial charge in [-0.1, -0.05) is 82.3 Å². The quantitative estimate of drug-likeness (QED) is 0.344. The Kier molecular flexibility index (Phi) is 5.41. The second-order valence-electron chi connectivity index (χ2n) is 6.26. The zero-order chi connectivity index (χ0) is 18.6. The molecule has 3 aromatic carbocycles. The molecule has 4 rings (SSSR count). The van der Waals surface area contributed by atoms with E-state index in [0.29, 0.717) is 0 Å². The van der Waals surface area contributed by atoms with Crippen LogP contribution >= 0.6 is 27.7 Å². The van der Waals surface area contributed by atoms with Crippen molar-refractivity contribution in [2.75, 3.05) is 0 Å². The Morgan fingerprint density at radius 3 is 2.41 bits per heavy atom. The highest BCUT2D eigenvalue weighted by atomic mass is 79.9. The van der Waals surface area contributed by atoms with Crippen molar-refractivity contribution in [1.82, 2.24) is 14.8 Å². The van der Waals surface area contributed by atoms with Crippen molar-refractivity contribution in [3.05, 3.63) is 94.5 Å². The first-order valence-electron chi connectivity index (χ1n) is 8.66. The second-order valence-corrected chi connectivity index (χ2v) is 8.12. The molecule has 0 aliphatic rings. The SMILES string of the molecule is Cc1cccc(-n2c(SCc3ccc(Br)cc3)nnc2-c2ccccc2)c1. The predicted molar refractivity (Wildman–Crippen MR) is 115 cm³/mol. The van der Waals surface area contributed by atoms with E-state index in [1.165, 1.54) is 11.1 Å². The van der Waals surface area contributed by atoms with Crippen LogP contribution in [0.25, 0.3) is 17.1 Å². The molecule has 134 valence electrons. The molecule has 0 spiro atoms. The van der Waals surface area contributed by atoms with Gasteiger partial charge in [0.05, 0.1) is 0 Å². The summed E-state index contributed by atoms with van der Waals surface area (Å²) in [6.07, 6.45) is 0. The van der Waals surface area contributed by atoms with Crippen LogP contribution in [0.2, 0.25) is 0 Å². The van der Waals surface area contributed by atoms with Gasteiger partial charge in [-0.05, 0) is 42.3 Å². The van der Waals surface area contributed by atoms with Crippen LogP contribution in [0, 0.1) is 6.92 Å². The van der Waals surface area contributed by atoms with E-state index in [2.05, 4.69) is 98.3 Å². The molecule has 3 nitrogen and oxygen atoms in total. The highest BCUT2D eigenvalue weighted by Gasteiger charge is 2.16. The minimum absolute atomic E-state index is 0.839. The van der Waals surface area contributed by atoms with E-state index in [4.69, 9.17) is 0 Å². The zero-order valence-corrected chi connectivity index (χ0v) is 17.2. The largest absolute Gasteiger partial charge is 0.270 e. The lowest BCUT2D eigenvalue weighted by atomic mass is 10.2. The number of hydrogen-bond donors (Lipinski definition) is 0. The number of benzene rings is 3. The van der Waals surface area contributed by atoms with Crippen molar-refractivity contribution < 1.29 is 0 Å². The summed E-state index contributed by atoms with van der Waals surface area (Å²) in [5, 5.41) is 9.89. The van der Waals surface area contributed by atoms with Crippen LogP contribution in [0.15, 0.2) is 88.5 Å². The van der Waals surface area contributed by atoms with E-state index >= 15 is 0 Å². The van der Waals surface area contributed by atoms with Crippen molar-refractivity contribution in [2.45, 2.75) is 17.8 Å². The molecule has 0 bridgehead atoms. The third-order valence-electron chi connectivity index (χ3n) is 4.21. The van der Waals surface area contributed by atoms with Crippen molar-refractivity contribution in [2.24, 2.45) is 0 Å². The number of aryl methyl sites for hydroxylation is 1. The van der Waals surface area contributed by atoms with Gasteiger partial charge >= 0.3 is 0 Å². The highest BCUT2D eigenvalue weighted by molar-refractivity contribution is 9.10. The highest BCUT2D eigenvalue weighted by Crippen LogP contribution is 2.30. The van der Waals surface area contributed by atoms with Gasteiger partial charge in [-0.3, -0.25) is 4.57 Å². The molecule has 0 saturated carbocycles. The van der Waals surface area contributed by atoms with Crippen LogP contribution in [0.4, 0.5) is 0 Å². The molecule has 5 heteroatoms. The number of halogens is 1. The summed E-state index contributed by atoms with van der Waals surface area (Å²) in [4.78, 5) is 0. The van der Waals surface area contributed by atoms with Gasteiger partial charge in [0.2, 0.25) is 0 Å². The molecule has 1 heterocycles. The van der Waals surface area contributed by atoms with Gasteiger partial charge in [0, 0.05) is 21.5 Å². The summed E-state index contributed by atoms with van der Waals surface area (Å²) < 4.78 is 3.23. The van der Waals surface area contributed by atoms with Crippen LogP contribution in [0.1, 0.15) is 11.1 Å². The minimum Gasteiger partial charge on any atom is -0.270 e. The molecule has 0 atom stereocenters. The van der Waals surface area contributed by atoms with Crippen molar-refractivity contribution in [3.8, 4) is 17.1 Å². The molecular formula is C22H18BrN3S. The Labute approximate surface area is 171 Å². The van der Waals surface area contributed by atoms with Crippen molar-refractivity contribution >= 4 is 27.7 Å². The lowest BCUT2D eigenvalue weighted by molar-refractivity contribution is 0.885. The average Bonchev–Trinajstić information content (AvgIpc) is 3.12. The van der Waals surface area contributed by atoms with E-state index < -0.39 is 0 Å². The molecule has 0 aliphatic carbocycles. The lowest BCUT2D eigenvalue weighted by Crippen LogP contribution is -2.00. The average molecular weight is 436 g/mol. The van der Waals surface area contributed by atoms with Crippen molar-refractivity contribution in [1.29, 1.82) is 0 Å². The van der Waals surface area contributed by atoms with Gasteiger partial charge in [0.25, 0.3) is 0 Å². The van der Waals surface area contributed by atoms with E-state index in [1.54, 1.807) is 11.8 Å². The Morgan fingerprint density at radius 1 is 0.889 bits per heavy atom. The fourth-order valence-electron chi connectivity index (χ4n) is 2.87. The maximum atomic E-state index is 4.50. The first kappa shape index (κ1) is 18.0. The van der Waals surface area contributed by atoms with Crippen LogP contribution in [-0.2, 0) is 5.75 Å². The van der Waals surface area contributed by atoms with E-state index in [1.807, 2.05) is 18.2 Å². The monoisotopic (exact) mass is 435 g/mol. The fourth-order valence-corrected chi connectivity index (χ4v) is 4.04. The third kappa shape index (κ3) is 4.15. The number of hydrogen-bond acceptors (Lipinski definition) is 3. The van der Waals surface area contributed by atoms with Gasteiger partial charge in [0.15, 0.2) is 11.0 Å². The van der Waals surface area contributed by atoms with E-state index in [9.17, 15) is 0 Å².